The molecule has 1 aromatic carbocycles. The van der Waals surface area contributed by atoms with E-state index in [0.717, 1.165) is 0 Å². The predicted octanol–water partition coefficient (Wildman–Crippen LogP) is 2.12. The zero-order valence-corrected chi connectivity index (χ0v) is 12.7. The van der Waals surface area contributed by atoms with Crippen LogP contribution in [0.15, 0.2) is 27.6 Å². The standard InChI is InChI=1S/C10H14BrClN2O2S/c1-10(2,13)6-14-17(15,16)8-5-3-4-7(11)9(8)12/h3-5,14H,6,13H2,1-2H3. The lowest BCUT2D eigenvalue weighted by molar-refractivity contribution is 0.498. The molecule has 3 N–H and O–H groups in total. The molecular formula is C10H14BrClN2O2S. The highest BCUT2D eigenvalue weighted by molar-refractivity contribution is 9.10. The summed E-state index contributed by atoms with van der Waals surface area (Å²) in [7, 11) is -3.64. The number of hydrogen-bond donors (Lipinski definition) is 2. The van der Waals surface area contributed by atoms with E-state index in [4.69, 9.17) is 17.3 Å². The Balaban J connectivity index is 3.02. The highest BCUT2D eigenvalue weighted by Crippen LogP contribution is 2.29. The summed E-state index contributed by atoms with van der Waals surface area (Å²) in [5, 5.41) is 0.162. The molecule has 0 amide bonds. The average molecular weight is 342 g/mol. The van der Waals surface area contributed by atoms with E-state index in [1.54, 1.807) is 26.0 Å². The molecule has 0 saturated heterocycles. The van der Waals surface area contributed by atoms with Crippen molar-refractivity contribution in [3.8, 4) is 0 Å². The van der Waals surface area contributed by atoms with E-state index in [-0.39, 0.29) is 16.5 Å². The van der Waals surface area contributed by atoms with Crippen molar-refractivity contribution in [1.29, 1.82) is 0 Å². The van der Waals surface area contributed by atoms with E-state index in [9.17, 15) is 8.42 Å². The van der Waals surface area contributed by atoms with Crippen molar-refractivity contribution in [3.63, 3.8) is 0 Å². The van der Waals surface area contributed by atoms with Crippen molar-refractivity contribution in [3.05, 3.63) is 27.7 Å². The Morgan fingerprint density at radius 3 is 2.59 bits per heavy atom. The van der Waals surface area contributed by atoms with E-state index in [0.29, 0.717) is 4.47 Å². The Morgan fingerprint density at radius 2 is 2.06 bits per heavy atom. The molecule has 0 aliphatic carbocycles. The largest absolute Gasteiger partial charge is 0.324 e. The molecule has 1 aromatic rings. The summed E-state index contributed by atoms with van der Waals surface area (Å²) >= 11 is 9.11. The number of hydrogen-bond acceptors (Lipinski definition) is 3. The lowest BCUT2D eigenvalue weighted by atomic mass is 10.1. The molecule has 96 valence electrons. The van der Waals surface area contributed by atoms with Gasteiger partial charge in [-0.2, -0.15) is 0 Å². The number of rotatable bonds is 4. The maximum Gasteiger partial charge on any atom is 0.242 e. The van der Waals surface area contributed by atoms with Crippen molar-refractivity contribution in [2.24, 2.45) is 5.73 Å². The van der Waals surface area contributed by atoms with Crippen LogP contribution in [-0.4, -0.2) is 20.5 Å². The molecule has 0 spiro atoms. The Kier molecular flexibility index (Phi) is 4.60. The first-order chi connectivity index (χ1) is 7.63. The molecule has 4 nitrogen and oxygen atoms in total. The quantitative estimate of drug-likeness (QED) is 0.881. The second kappa shape index (κ2) is 5.24. The summed E-state index contributed by atoms with van der Waals surface area (Å²) < 4.78 is 26.9. The van der Waals surface area contributed by atoms with Gasteiger partial charge in [0.15, 0.2) is 0 Å². The zero-order valence-electron chi connectivity index (χ0n) is 9.50. The summed E-state index contributed by atoms with van der Waals surface area (Å²) in [6.07, 6.45) is 0. The van der Waals surface area contributed by atoms with Crippen LogP contribution >= 0.6 is 27.5 Å². The van der Waals surface area contributed by atoms with Crippen molar-refractivity contribution in [2.75, 3.05) is 6.54 Å². The molecule has 0 aliphatic heterocycles. The molecule has 0 aromatic heterocycles. The first-order valence-electron chi connectivity index (χ1n) is 4.86. The minimum atomic E-state index is -3.64. The first-order valence-corrected chi connectivity index (χ1v) is 7.51. The molecule has 0 atom stereocenters. The number of nitrogens with two attached hydrogens (primary N) is 1. The molecule has 0 aliphatic rings. The molecule has 0 unspecified atom stereocenters. The van der Waals surface area contributed by atoms with Crippen molar-refractivity contribution >= 4 is 37.6 Å². The predicted molar refractivity (Wildman–Crippen MR) is 72.6 cm³/mol. The highest BCUT2D eigenvalue weighted by Gasteiger charge is 2.21. The van der Waals surface area contributed by atoms with Crippen LogP contribution in [0.4, 0.5) is 0 Å². The van der Waals surface area contributed by atoms with E-state index in [1.165, 1.54) is 6.07 Å². The van der Waals surface area contributed by atoms with Gasteiger partial charge in [0, 0.05) is 16.6 Å². The van der Waals surface area contributed by atoms with Crippen LogP contribution in [0.5, 0.6) is 0 Å². The van der Waals surface area contributed by atoms with Gasteiger partial charge in [0.1, 0.15) is 4.90 Å². The van der Waals surface area contributed by atoms with Gasteiger partial charge in [-0.15, -0.1) is 0 Å². The SMILES string of the molecule is CC(C)(N)CNS(=O)(=O)c1cccc(Br)c1Cl. The van der Waals surface area contributed by atoms with Crippen LogP contribution in [0.25, 0.3) is 0 Å². The highest BCUT2D eigenvalue weighted by atomic mass is 79.9. The minimum Gasteiger partial charge on any atom is -0.324 e. The zero-order chi connectivity index (χ0) is 13.3. The van der Waals surface area contributed by atoms with Crippen LogP contribution in [0.3, 0.4) is 0 Å². The van der Waals surface area contributed by atoms with Gasteiger partial charge in [-0.25, -0.2) is 13.1 Å². The second-order valence-electron chi connectivity index (χ2n) is 4.37. The summed E-state index contributed by atoms with van der Waals surface area (Å²) in [4.78, 5) is 0.0396. The number of benzene rings is 1. The third-order valence-corrected chi connectivity index (χ3v) is 4.78. The second-order valence-corrected chi connectivity index (χ2v) is 7.33. The fourth-order valence-electron chi connectivity index (χ4n) is 1.05. The fraction of sp³-hybridized carbons (Fsp3) is 0.400. The molecule has 17 heavy (non-hydrogen) atoms. The Bertz CT molecular complexity index is 512. The summed E-state index contributed by atoms with van der Waals surface area (Å²) in [6, 6.07) is 4.73. The molecule has 0 bridgehead atoms. The normalized spacial score (nSPS) is 12.8. The lowest BCUT2D eigenvalue weighted by Crippen LogP contribution is -2.45. The smallest absolute Gasteiger partial charge is 0.242 e. The number of sulfonamides is 1. The number of halogens is 2. The van der Waals surface area contributed by atoms with E-state index in [1.807, 2.05) is 0 Å². The van der Waals surface area contributed by atoms with Crippen LogP contribution in [0.1, 0.15) is 13.8 Å². The molecule has 0 saturated carbocycles. The third-order valence-electron chi connectivity index (χ3n) is 1.92. The van der Waals surface area contributed by atoms with Crippen LogP contribution in [0, 0.1) is 0 Å². The number of nitrogens with one attached hydrogen (secondary N) is 1. The van der Waals surface area contributed by atoms with Crippen molar-refractivity contribution < 1.29 is 8.42 Å². The summed E-state index contributed by atoms with van der Waals surface area (Å²) in [5.41, 5.74) is 5.10. The molecular weight excluding hydrogens is 328 g/mol. The Labute approximate surface area is 115 Å². The van der Waals surface area contributed by atoms with Gasteiger partial charge in [-0.1, -0.05) is 17.7 Å². The summed E-state index contributed by atoms with van der Waals surface area (Å²) in [5.74, 6) is 0. The average Bonchev–Trinajstić information content (AvgIpc) is 2.18. The third kappa shape index (κ3) is 4.22. The molecule has 1 rings (SSSR count). The van der Waals surface area contributed by atoms with E-state index < -0.39 is 15.6 Å². The van der Waals surface area contributed by atoms with Crippen LogP contribution in [0.2, 0.25) is 5.02 Å². The van der Waals surface area contributed by atoms with Gasteiger partial charge >= 0.3 is 0 Å². The van der Waals surface area contributed by atoms with Gasteiger partial charge < -0.3 is 5.73 Å². The van der Waals surface area contributed by atoms with Gasteiger partial charge in [-0.3, -0.25) is 0 Å². The molecule has 0 heterocycles. The molecule has 0 radical (unpaired) electrons. The topological polar surface area (TPSA) is 72.2 Å². The minimum absolute atomic E-state index is 0.0396. The Hall–Kier alpha value is -0.140. The molecule has 0 fully saturated rings. The Morgan fingerprint density at radius 1 is 1.47 bits per heavy atom. The van der Waals surface area contributed by atoms with Crippen LogP contribution in [-0.2, 0) is 10.0 Å². The van der Waals surface area contributed by atoms with Crippen molar-refractivity contribution in [1.82, 2.24) is 4.72 Å². The van der Waals surface area contributed by atoms with E-state index in [2.05, 4.69) is 20.7 Å². The maximum atomic E-state index is 12.0. The van der Waals surface area contributed by atoms with Gasteiger partial charge in [0.2, 0.25) is 10.0 Å². The van der Waals surface area contributed by atoms with Gasteiger partial charge in [-0.05, 0) is 41.9 Å². The van der Waals surface area contributed by atoms with Gasteiger partial charge in [0.25, 0.3) is 0 Å². The molecule has 7 heteroatoms. The maximum absolute atomic E-state index is 12.0. The fourth-order valence-corrected chi connectivity index (χ4v) is 3.30. The lowest BCUT2D eigenvalue weighted by Gasteiger charge is -2.19. The summed E-state index contributed by atoms with van der Waals surface area (Å²) in [6.45, 7) is 3.61. The van der Waals surface area contributed by atoms with Crippen molar-refractivity contribution in [2.45, 2.75) is 24.3 Å². The van der Waals surface area contributed by atoms with Gasteiger partial charge in [0.05, 0.1) is 5.02 Å². The van der Waals surface area contributed by atoms with E-state index >= 15 is 0 Å². The monoisotopic (exact) mass is 340 g/mol. The first kappa shape index (κ1) is 14.9. The van der Waals surface area contributed by atoms with Crippen LogP contribution < -0.4 is 10.5 Å².